The number of likely N-dealkylation sites (N-methyl/N-ethyl adjacent to an activating group) is 1. The van der Waals surface area contributed by atoms with E-state index in [2.05, 4.69) is 18.2 Å². The second-order valence-corrected chi connectivity index (χ2v) is 8.46. The summed E-state index contributed by atoms with van der Waals surface area (Å²) in [7, 11) is 7.98. The van der Waals surface area contributed by atoms with E-state index < -0.39 is 5.60 Å². The number of allylic oxidation sites excluding steroid dienone is 1. The van der Waals surface area contributed by atoms with Crippen LogP contribution in [0.3, 0.4) is 0 Å². The van der Waals surface area contributed by atoms with Gasteiger partial charge in [-0.3, -0.25) is 0 Å². The van der Waals surface area contributed by atoms with Crippen molar-refractivity contribution in [2.45, 2.75) is 11.7 Å². The van der Waals surface area contributed by atoms with Crippen LogP contribution < -0.4 is 15.4 Å². The van der Waals surface area contributed by atoms with Crippen molar-refractivity contribution in [3.8, 4) is 5.75 Å². The minimum Gasteiger partial charge on any atom is -0.485 e. The molecule has 6 heteroatoms. The van der Waals surface area contributed by atoms with E-state index in [-0.39, 0.29) is 18.0 Å². The highest BCUT2D eigenvalue weighted by molar-refractivity contribution is 5.97. The fourth-order valence-electron chi connectivity index (χ4n) is 4.69. The number of hydrogen-bond acceptors (Lipinski definition) is 6. The summed E-state index contributed by atoms with van der Waals surface area (Å²) in [5, 5.41) is 0. The second kappa shape index (κ2) is 6.29. The molecule has 0 saturated heterocycles. The van der Waals surface area contributed by atoms with Crippen LogP contribution in [0.25, 0.3) is 0 Å². The molecule has 154 valence electrons. The number of esters is 1. The molecule has 0 amide bonds. The van der Waals surface area contributed by atoms with Gasteiger partial charge in [0, 0.05) is 62.5 Å². The van der Waals surface area contributed by atoms with Gasteiger partial charge in [-0.05, 0) is 36.4 Å². The molecule has 5 rings (SSSR count). The van der Waals surface area contributed by atoms with Gasteiger partial charge in [-0.25, -0.2) is 4.79 Å². The highest BCUT2D eigenvalue weighted by Crippen LogP contribution is 2.56. The second-order valence-electron chi connectivity index (χ2n) is 8.46. The van der Waals surface area contributed by atoms with Gasteiger partial charge in [0.25, 0.3) is 0 Å². The van der Waals surface area contributed by atoms with Gasteiger partial charge in [0.15, 0.2) is 5.60 Å². The molecular weight excluding hydrogens is 378 g/mol. The molecule has 1 aliphatic carbocycles. The van der Waals surface area contributed by atoms with Gasteiger partial charge >= 0.3 is 5.97 Å². The lowest BCUT2D eigenvalue weighted by Crippen LogP contribution is -2.48. The fourth-order valence-corrected chi connectivity index (χ4v) is 4.69. The number of anilines is 2. The summed E-state index contributed by atoms with van der Waals surface area (Å²) < 4.78 is 12.7. The Morgan fingerprint density at radius 1 is 1.00 bits per heavy atom. The lowest BCUT2D eigenvalue weighted by Gasteiger charge is -2.45. The van der Waals surface area contributed by atoms with Crippen LogP contribution in [0.2, 0.25) is 0 Å². The Balaban J connectivity index is 1.77. The van der Waals surface area contributed by atoms with Crippen LogP contribution in [-0.4, -0.2) is 45.2 Å². The summed E-state index contributed by atoms with van der Waals surface area (Å²) in [4.78, 5) is 17.0. The summed E-state index contributed by atoms with van der Waals surface area (Å²) in [6.45, 7) is 0. The number of carbonyl (C=O) groups excluding carboxylic acids is 1. The zero-order chi connectivity index (χ0) is 21.2. The van der Waals surface area contributed by atoms with Crippen LogP contribution in [0.15, 0.2) is 60.3 Å². The van der Waals surface area contributed by atoms with Crippen molar-refractivity contribution < 1.29 is 14.3 Å². The predicted octanol–water partition coefficient (Wildman–Crippen LogP) is 3.14. The van der Waals surface area contributed by atoms with Crippen molar-refractivity contribution in [2.75, 3.05) is 38.8 Å². The standard InChI is InChI=1S/C24H25N3O3/c1-26(2)15-6-9-19-21(12-15)29-22-13-16(27(3)4)7-10-20(22)24(19)18-8-5-14(25)11-17(18)23(28)30-24/h5-13,19,21H,25H2,1-4H3/t19-,21-,24+/m0/s1. The first-order chi connectivity index (χ1) is 14.3. The number of carbonyl (C=O) groups is 1. The molecule has 0 radical (unpaired) electrons. The number of hydrogen-bond donors (Lipinski definition) is 1. The highest BCUT2D eigenvalue weighted by atomic mass is 16.6. The molecule has 0 aromatic heterocycles. The molecular formula is C24H25N3O3. The molecule has 2 N–H and O–H groups in total. The molecule has 2 aromatic carbocycles. The number of benzene rings is 2. The van der Waals surface area contributed by atoms with Gasteiger partial charge in [0.2, 0.25) is 0 Å². The van der Waals surface area contributed by atoms with Crippen LogP contribution in [0, 0.1) is 5.92 Å². The molecule has 2 aromatic rings. The van der Waals surface area contributed by atoms with Crippen LogP contribution in [0.1, 0.15) is 21.5 Å². The normalized spacial score (nSPS) is 25.6. The average Bonchev–Trinajstić information content (AvgIpc) is 2.99. The Morgan fingerprint density at radius 3 is 2.50 bits per heavy atom. The number of fused-ring (bicyclic) bond motifs is 6. The monoisotopic (exact) mass is 403 g/mol. The summed E-state index contributed by atoms with van der Waals surface area (Å²) in [6, 6.07) is 11.5. The number of rotatable bonds is 2. The van der Waals surface area contributed by atoms with Crippen molar-refractivity contribution >= 4 is 17.3 Å². The molecule has 0 fully saturated rings. The minimum absolute atomic E-state index is 0.187. The Kier molecular flexibility index (Phi) is 3.90. The van der Waals surface area contributed by atoms with Crippen molar-refractivity contribution in [1.29, 1.82) is 0 Å². The first kappa shape index (κ1) is 18.6. The van der Waals surface area contributed by atoms with Crippen molar-refractivity contribution in [1.82, 2.24) is 4.90 Å². The van der Waals surface area contributed by atoms with Crippen molar-refractivity contribution in [2.24, 2.45) is 5.92 Å². The summed E-state index contributed by atoms with van der Waals surface area (Å²) in [6.07, 6.45) is 5.99. The third-order valence-electron chi connectivity index (χ3n) is 6.21. The summed E-state index contributed by atoms with van der Waals surface area (Å²) in [5.41, 5.74) is 9.87. The quantitative estimate of drug-likeness (QED) is 0.614. The van der Waals surface area contributed by atoms with E-state index in [1.165, 1.54) is 0 Å². The first-order valence-electron chi connectivity index (χ1n) is 10.0. The van der Waals surface area contributed by atoms with Gasteiger partial charge < -0.3 is 25.0 Å². The van der Waals surface area contributed by atoms with E-state index >= 15 is 0 Å². The predicted molar refractivity (Wildman–Crippen MR) is 117 cm³/mol. The van der Waals surface area contributed by atoms with Gasteiger partial charge in [0.1, 0.15) is 11.9 Å². The van der Waals surface area contributed by atoms with Gasteiger partial charge in [0.05, 0.1) is 11.5 Å². The van der Waals surface area contributed by atoms with Gasteiger partial charge in [-0.2, -0.15) is 0 Å². The Bertz CT molecular complexity index is 1120. The molecule has 2 aliphatic heterocycles. The summed E-state index contributed by atoms with van der Waals surface area (Å²) in [5.74, 6) is 0.189. The fraction of sp³-hybridized carbons (Fsp3) is 0.292. The molecule has 0 saturated carbocycles. The average molecular weight is 403 g/mol. The summed E-state index contributed by atoms with van der Waals surface area (Å²) >= 11 is 0. The Morgan fingerprint density at radius 2 is 1.77 bits per heavy atom. The van der Waals surface area contributed by atoms with Crippen molar-refractivity contribution in [3.63, 3.8) is 0 Å². The molecule has 30 heavy (non-hydrogen) atoms. The zero-order valence-electron chi connectivity index (χ0n) is 17.5. The van der Waals surface area contributed by atoms with Crippen molar-refractivity contribution in [3.05, 3.63) is 77.0 Å². The zero-order valence-corrected chi connectivity index (χ0v) is 17.5. The molecule has 6 nitrogen and oxygen atoms in total. The molecule has 3 aliphatic rings. The van der Waals surface area contributed by atoms with E-state index in [9.17, 15) is 4.79 Å². The van der Waals surface area contributed by atoms with Gasteiger partial charge in [-0.15, -0.1) is 0 Å². The SMILES string of the molecule is CN(C)C1=C[C@@H]2Oc3cc(N(C)C)ccc3[C@]3(OC(=O)c4cc(N)ccc43)[C@H]2C=C1. The number of nitrogens with zero attached hydrogens (tertiary/aromatic N) is 2. The van der Waals surface area contributed by atoms with Gasteiger partial charge in [-0.1, -0.05) is 12.1 Å². The minimum atomic E-state index is -0.950. The van der Waals surface area contributed by atoms with Crippen LogP contribution >= 0.6 is 0 Å². The highest BCUT2D eigenvalue weighted by Gasteiger charge is 2.58. The molecule has 3 atom stereocenters. The van der Waals surface area contributed by atoms with Crippen LogP contribution in [0.4, 0.5) is 11.4 Å². The van der Waals surface area contributed by atoms with Crippen LogP contribution in [-0.2, 0) is 10.3 Å². The van der Waals surface area contributed by atoms with E-state index in [0.717, 1.165) is 28.3 Å². The topological polar surface area (TPSA) is 68.0 Å². The molecule has 0 unspecified atom stereocenters. The van der Waals surface area contributed by atoms with E-state index in [1.54, 1.807) is 6.07 Å². The first-order valence-corrected chi connectivity index (χ1v) is 10.0. The smallest absolute Gasteiger partial charge is 0.339 e. The number of nitrogen functional groups attached to an aromatic ring is 1. The lowest BCUT2D eigenvalue weighted by atomic mass is 9.70. The lowest BCUT2D eigenvalue weighted by molar-refractivity contribution is -0.0420. The maximum absolute atomic E-state index is 12.9. The molecule has 0 bridgehead atoms. The van der Waals surface area contributed by atoms with E-state index in [0.29, 0.717) is 11.3 Å². The Hall–Kier alpha value is -3.41. The van der Waals surface area contributed by atoms with E-state index in [1.807, 2.05) is 68.3 Å². The maximum atomic E-state index is 12.9. The molecule has 1 spiro atoms. The maximum Gasteiger partial charge on any atom is 0.339 e. The molecule has 2 heterocycles. The van der Waals surface area contributed by atoms with E-state index in [4.69, 9.17) is 15.2 Å². The van der Waals surface area contributed by atoms with Crippen LogP contribution in [0.5, 0.6) is 5.75 Å². The number of nitrogens with two attached hydrogens (primary N) is 1. The number of ether oxygens (including phenoxy) is 2. The largest absolute Gasteiger partial charge is 0.485 e. The third kappa shape index (κ3) is 2.46. The Labute approximate surface area is 176 Å². The third-order valence-corrected chi connectivity index (χ3v) is 6.21.